The van der Waals surface area contributed by atoms with E-state index in [1.807, 2.05) is 30.5 Å². The highest BCUT2D eigenvalue weighted by Gasteiger charge is 2.44. The number of carbonyl (C=O) groups is 1. The minimum Gasteiger partial charge on any atom is -0.350 e. The largest absolute Gasteiger partial charge is 0.350 e. The van der Waals surface area contributed by atoms with Gasteiger partial charge in [0.25, 0.3) is 0 Å². The molecule has 0 N–H and O–H groups in total. The van der Waals surface area contributed by atoms with Crippen LogP contribution in [0.15, 0.2) is 29.0 Å². The van der Waals surface area contributed by atoms with Gasteiger partial charge in [-0.05, 0) is 54.3 Å². The van der Waals surface area contributed by atoms with Crippen LogP contribution in [0.4, 0.5) is 5.82 Å². The fourth-order valence-electron chi connectivity index (χ4n) is 3.79. The minimum atomic E-state index is 0.257. The maximum absolute atomic E-state index is 12.6. The number of anilines is 1. The Bertz CT molecular complexity index is 685. The van der Waals surface area contributed by atoms with Crippen LogP contribution in [0.3, 0.4) is 0 Å². The van der Waals surface area contributed by atoms with Crippen molar-refractivity contribution < 1.29 is 4.79 Å². The molecule has 6 heteroatoms. The van der Waals surface area contributed by atoms with Gasteiger partial charge in [-0.2, -0.15) is 16.4 Å². The maximum Gasteiger partial charge on any atom is 0.227 e. The van der Waals surface area contributed by atoms with Crippen molar-refractivity contribution in [3.63, 3.8) is 0 Å². The Morgan fingerprint density at radius 3 is 2.83 bits per heavy atom. The van der Waals surface area contributed by atoms with Gasteiger partial charge in [-0.15, -0.1) is 5.10 Å². The topological polar surface area (TPSA) is 49.3 Å². The van der Waals surface area contributed by atoms with Gasteiger partial charge >= 0.3 is 0 Å². The SMILES string of the molecule is Cc1ccc(N2CC[C@@H]3[C@@H]2CCN3C(=O)Cc2ccsc2)nn1. The van der Waals surface area contributed by atoms with Gasteiger partial charge in [-0.25, -0.2) is 0 Å². The van der Waals surface area contributed by atoms with Crippen molar-refractivity contribution in [2.45, 2.75) is 38.3 Å². The summed E-state index contributed by atoms with van der Waals surface area (Å²) in [4.78, 5) is 17.0. The highest BCUT2D eigenvalue weighted by atomic mass is 32.1. The average Bonchev–Trinajstić information content (AvgIpc) is 3.24. The summed E-state index contributed by atoms with van der Waals surface area (Å²) in [5.74, 6) is 1.20. The lowest BCUT2D eigenvalue weighted by molar-refractivity contribution is -0.131. The molecule has 0 radical (unpaired) electrons. The predicted molar refractivity (Wildman–Crippen MR) is 90.7 cm³/mol. The smallest absolute Gasteiger partial charge is 0.227 e. The molecule has 0 bridgehead atoms. The first kappa shape index (κ1) is 14.6. The summed E-state index contributed by atoms with van der Waals surface area (Å²) in [5, 5.41) is 12.6. The minimum absolute atomic E-state index is 0.257. The van der Waals surface area contributed by atoms with Crippen LogP contribution in [0.2, 0.25) is 0 Å². The molecule has 2 aliphatic heterocycles. The first-order chi connectivity index (χ1) is 11.2. The summed E-state index contributed by atoms with van der Waals surface area (Å²) in [6.45, 7) is 3.76. The molecule has 0 spiro atoms. The molecule has 0 aliphatic carbocycles. The summed E-state index contributed by atoms with van der Waals surface area (Å²) < 4.78 is 0. The number of hydrogen-bond acceptors (Lipinski definition) is 5. The molecule has 120 valence electrons. The van der Waals surface area contributed by atoms with Crippen molar-refractivity contribution in [3.05, 3.63) is 40.2 Å². The molecule has 1 amide bonds. The fraction of sp³-hybridized carbons (Fsp3) is 0.471. The van der Waals surface area contributed by atoms with E-state index in [0.29, 0.717) is 18.5 Å². The number of fused-ring (bicyclic) bond motifs is 1. The van der Waals surface area contributed by atoms with E-state index in [2.05, 4.69) is 25.4 Å². The third-order valence-electron chi connectivity index (χ3n) is 4.91. The molecule has 2 aliphatic rings. The number of thiophene rings is 1. The third kappa shape index (κ3) is 2.72. The van der Waals surface area contributed by atoms with E-state index >= 15 is 0 Å². The number of likely N-dealkylation sites (tertiary alicyclic amines) is 1. The molecular weight excluding hydrogens is 308 g/mol. The fourth-order valence-corrected chi connectivity index (χ4v) is 4.46. The van der Waals surface area contributed by atoms with E-state index in [0.717, 1.165) is 43.0 Å². The van der Waals surface area contributed by atoms with Crippen LogP contribution in [0, 0.1) is 6.92 Å². The second kappa shape index (κ2) is 5.92. The Kier molecular flexibility index (Phi) is 3.77. The van der Waals surface area contributed by atoms with E-state index in [9.17, 15) is 4.79 Å². The van der Waals surface area contributed by atoms with Crippen LogP contribution in [0.25, 0.3) is 0 Å². The molecule has 0 aromatic carbocycles. The van der Waals surface area contributed by atoms with Crippen molar-refractivity contribution in [1.82, 2.24) is 15.1 Å². The van der Waals surface area contributed by atoms with E-state index in [1.54, 1.807) is 11.3 Å². The molecule has 2 saturated heterocycles. The number of aromatic nitrogens is 2. The van der Waals surface area contributed by atoms with Gasteiger partial charge in [0.2, 0.25) is 5.91 Å². The molecule has 2 fully saturated rings. The summed E-state index contributed by atoms with van der Waals surface area (Å²) in [5.41, 5.74) is 2.06. The van der Waals surface area contributed by atoms with Gasteiger partial charge in [0.1, 0.15) is 0 Å². The predicted octanol–water partition coefficient (Wildman–Crippen LogP) is 2.27. The summed E-state index contributed by atoms with van der Waals surface area (Å²) >= 11 is 1.65. The van der Waals surface area contributed by atoms with Gasteiger partial charge < -0.3 is 9.80 Å². The standard InChI is InChI=1S/C17H20N4OS/c1-12-2-3-16(19-18-12)20-7-4-15-14(20)5-8-21(15)17(22)10-13-6-9-23-11-13/h2-3,6,9,11,14-15H,4-5,7-8,10H2,1H3/t14-,15+/m0/s1. The molecule has 0 saturated carbocycles. The lowest BCUT2D eigenvalue weighted by Crippen LogP contribution is -2.40. The summed E-state index contributed by atoms with van der Waals surface area (Å²) in [6.07, 6.45) is 2.57. The van der Waals surface area contributed by atoms with Gasteiger partial charge in [-0.3, -0.25) is 4.79 Å². The second-order valence-corrected chi connectivity index (χ2v) is 7.11. The van der Waals surface area contributed by atoms with Crippen LogP contribution >= 0.6 is 11.3 Å². The second-order valence-electron chi connectivity index (χ2n) is 6.33. The molecule has 2 aromatic rings. The zero-order valence-corrected chi connectivity index (χ0v) is 14.0. The molecular formula is C17H20N4OS. The number of aryl methyl sites for hydroxylation is 1. The zero-order chi connectivity index (χ0) is 15.8. The number of amides is 1. The van der Waals surface area contributed by atoms with E-state index in [1.165, 1.54) is 0 Å². The van der Waals surface area contributed by atoms with Crippen molar-refractivity contribution in [2.24, 2.45) is 0 Å². The van der Waals surface area contributed by atoms with Crippen molar-refractivity contribution in [2.75, 3.05) is 18.0 Å². The third-order valence-corrected chi connectivity index (χ3v) is 5.64. The normalized spacial score (nSPS) is 23.3. The quantitative estimate of drug-likeness (QED) is 0.867. The van der Waals surface area contributed by atoms with Gasteiger partial charge in [0.15, 0.2) is 5.82 Å². The van der Waals surface area contributed by atoms with E-state index in [-0.39, 0.29) is 5.91 Å². The van der Waals surface area contributed by atoms with E-state index in [4.69, 9.17) is 0 Å². The van der Waals surface area contributed by atoms with Crippen LogP contribution < -0.4 is 4.90 Å². The average molecular weight is 328 g/mol. The molecule has 2 atom stereocenters. The highest BCUT2D eigenvalue weighted by Crippen LogP contribution is 2.34. The van der Waals surface area contributed by atoms with E-state index < -0.39 is 0 Å². The first-order valence-corrected chi connectivity index (χ1v) is 9.04. The van der Waals surface area contributed by atoms with Crippen molar-refractivity contribution in [3.8, 4) is 0 Å². The van der Waals surface area contributed by atoms with Crippen molar-refractivity contribution >= 4 is 23.1 Å². The number of nitrogens with zero attached hydrogens (tertiary/aromatic N) is 4. The van der Waals surface area contributed by atoms with Crippen LogP contribution in [-0.2, 0) is 11.2 Å². The number of rotatable bonds is 3. The lowest BCUT2D eigenvalue weighted by Gasteiger charge is -2.26. The van der Waals surface area contributed by atoms with Crippen molar-refractivity contribution in [1.29, 1.82) is 0 Å². The molecule has 5 nitrogen and oxygen atoms in total. The Morgan fingerprint density at radius 2 is 2.09 bits per heavy atom. The highest BCUT2D eigenvalue weighted by molar-refractivity contribution is 7.08. The molecule has 0 unspecified atom stereocenters. The molecule has 23 heavy (non-hydrogen) atoms. The lowest BCUT2D eigenvalue weighted by atomic mass is 10.1. The maximum atomic E-state index is 12.6. The monoisotopic (exact) mass is 328 g/mol. The molecule has 2 aromatic heterocycles. The van der Waals surface area contributed by atoms with Gasteiger partial charge in [-0.1, -0.05) is 0 Å². The Morgan fingerprint density at radius 1 is 1.22 bits per heavy atom. The van der Waals surface area contributed by atoms with Gasteiger partial charge in [0, 0.05) is 13.1 Å². The van der Waals surface area contributed by atoms with Crippen LogP contribution in [0.1, 0.15) is 24.1 Å². The van der Waals surface area contributed by atoms with Crippen LogP contribution in [-0.4, -0.2) is 46.2 Å². The summed E-state index contributed by atoms with van der Waals surface area (Å²) in [7, 11) is 0. The summed E-state index contributed by atoms with van der Waals surface area (Å²) in [6, 6.07) is 6.80. The molecule has 4 rings (SSSR count). The first-order valence-electron chi connectivity index (χ1n) is 8.10. The zero-order valence-electron chi connectivity index (χ0n) is 13.2. The Balaban J connectivity index is 1.47. The Hall–Kier alpha value is -1.95. The van der Waals surface area contributed by atoms with Gasteiger partial charge in [0.05, 0.1) is 24.2 Å². The number of hydrogen-bond donors (Lipinski definition) is 0. The van der Waals surface area contributed by atoms with Crippen LogP contribution in [0.5, 0.6) is 0 Å². The number of carbonyl (C=O) groups excluding carboxylic acids is 1. The molecule has 4 heterocycles. The Labute approximate surface area is 139 Å².